The minimum absolute atomic E-state index is 0.0118. The molecule has 3 fully saturated rings. The van der Waals surface area contributed by atoms with Gasteiger partial charge in [-0.1, -0.05) is 26.0 Å². The largest absolute Gasteiger partial charge is 0.448 e. The first kappa shape index (κ1) is 18.5. The third-order valence-corrected chi connectivity index (χ3v) is 7.77. The Kier molecular flexibility index (Phi) is 4.13. The van der Waals surface area contributed by atoms with Crippen LogP contribution < -0.4 is 0 Å². The highest BCUT2D eigenvalue weighted by Crippen LogP contribution is 2.66. The van der Waals surface area contributed by atoms with Crippen molar-refractivity contribution in [2.45, 2.75) is 58.5 Å². The van der Waals surface area contributed by atoms with Crippen LogP contribution in [-0.4, -0.2) is 35.5 Å². The fraction of sp³-hybridized carbons (Fsp3) is 0.636. The van der Waals surface area contributed by atoms with Crippen molar-refractivity contribution in [1.29, 1.82) is 0 Å². The highest BCUT2D eigenvalue weighted by molar-refractivity contribution is 5.96. The van der Waals surface area contributed by atoms with Crippen LogP contribution in [0.4, 0.5) is 4.39 Å². The molecule has 2 saturated heterocycles. The second-order valence-corrected chi connectivity index (χ2v) is 9.24. The molecule has 4 nitrogen and oxygen atoms in total. The molecular weight excluding hydrogens is 345 g/mol. The van der Waals surface area contributed by atoms with Gasteiger partial charge in [-0.25, -0.2) is 4.39 Å². The number of fused-ring (bicyclic) bond motifs is 2. The zero-order chi connectivity index (χ0) is 19.4. The van der Waals surface area contributed by atoms with Crippen molar-refractivity contribution in [1.82, 2.24) is 4.90 Å². The van der Waals surface area contributed by atoms with E-state index in [1.807, 2.05) is 37.8 Å². The fourth-order valence-electron chi connectivity index (χ4n) is 5.27. The summed E-state index contributed by atoms with van der Waals surface area (Å²) in [6.45, 7) is 7.33. The molecule has 1 aromatic carbocycles. The third kappa shape index (κ3) is 2.54. The van der Waals surface area contributed by atoms with Crippen LogP contribution in [0.25, 0.3) is 0 Å². The van der Waals surface area contributed by atoms with Gasteiger partial charge in [0.25, 0.3) is 5.91 Å². The molecule has 1 saturated carbocycles. The van der Waals surface area contributed by atoms with Crippen molar-refractivity contribution in [2.24, 2.45) is 16.7 Å². The van der Waals surface area contributed by atoms with Crippen LogP contribution in [-0.2, 0) is 20.7 Å². The molecular formula is C22H28FNO3. The smallest absolute Gasteiger partial charge is 0.313 e. The van der Waals surface area contributed by atoms with Crippen LogP contribution in [0, 0.1) is 22.6 Å². The lowest BCUT2D eigenvalue weighted by Crippen LogP contribution is -2.56. The Balaban J connectivity index is 1.42. The first-order valence-corrected chi connectivity index (χ1v) is 9.97. The molecule has 2 aliphatic heterocycles. The average molecular weight is 373 g/mol. The molecule has 0 N–H and O–H groups in total. The van der Waals surface area contributed by atoms with Gasteiger partial charge >= 0.3 is 5.97 Å². The number of hydrogen-bond donors (Lipinski definition) is 0. The maximum Gasteiger partial charge on any atom is 0.313 e. The van der Waals surface area contributed by atoms with E-state index in [1.54, 1.807) is 0 Å². The third-order valence-electron chi connectivity index (χ3n) is 7.77. The predicted octanol–water partition coefficient (Wildman–Crippen LogP) is 3.73. The van der Waals surface area contributed by atoms with Crippen molar-refractivity contribution in [2.75, 3.05) is 13.1 Å². The monoisotopic (exact) mass is 373 g/mol. The van der Waals surface area contributed by atoms with Crippen LogP contribution >= 0.6 is 0 Å². The standard InChI is InChI=1S/C22H28FNO3/c1-20(2)21(3)10-11-22(20,27-19(21)26)18(25)24-12-8-16(9-13-24)14-15-4-6-17(23)7-5-15/h4-7,16H,8-14H2,1-3H3. The first-order chi connectivity index (χ1) is 12.7. The van der Waals surface area contributed by atoms with Gasteiger partial charge in [0.05, 0.1) is 5.41 Å². The van der Waals surface area contributed by atoms with Gasteiger partial charge in [0, 0.05) is 18.5 Å². The number of esters is 1. The van der Waals surface area contributed by atoms with E-state index in [0.717, 1.165) is 24.8 Å². The van der Waals surface area contributed by atoms with Crippen molar-refractivity contribution < 1.29 is 18.7 Å². The minimum Gasteiger partial charge on any atom is -0.448 e. The van der Waals surface area contributed by atoms with Crippen LogP contribution in [0.5, 0.6) is 0 Å². The molecule has 2 heterocycles. The number of hydrogen-bond acceptors (Lipinski definition) is 3. The summed E-state index contributed by atoms with van der Waals surface area (Å²) in [5, 5.41) is 0. The lowest BCUT2D eigenvalue weighted by molar-refractivity contribution is -0.174. The Bertz CT molecular complexity index is 766. The zero-order valence-corrected chi connectivity index (χ0v) is 16.4. The van der Waals surface area contributed by atoms with E-state index < -0.39 is 16.4 Å². The molecule has 1 aromatic rings. The lowest BCUT2D eigenvalue weighted by Gasteiger charge is -2.41. The van der Waals surface area contributed by atoms with Gasteiger partial charge in [-0.2, -0.15) is 0 Å². The number of piperidine rings is 1. The molecule has 2 atom stereocenters. The minimum atomic E-state index is -0.997. The summed E-state index contributed by atoms with van der Waals surface area (Å²) in [5.74, 6) is 0.0429. The van der Waals surface area contributed by atoms with Crippen molar-refractivity contribution in [3.05, 3.63) is 35.6 Å². The number of nitrogens with zero attached hydrogens (tertiary/aromatic N) is 1. The first-order valence-electron chi connectivity index (χ1n) is 9.97. The number of rotatable bonds is 3. The lowest BCUT2D eigenvalue weighted by atomic mass is 9.66. The predicted molar refractivity (Wildman–Crippen MR) is 99.4 cm³/mol. The van der Waals surface area contributed by atoms with E-state index >= 15 is 0 Å². The summed E-state index contributed by atoms with van der Waals surface area (Å²) in [6, 6.07) is 6.68. The number of halogens is 1. The van der Waals surface area contributed by atoms with Gasteiger partial charge in [0.1, 0.15) is 5.82 Å². The quantitative estimate of drug-likeness (QED) is 0.759. The number of likely N-dealkylation sites (tertiary alicyclic amines) is 1. The number of carbonyl (C=O) groups excluding carboxylic acids is 2. The molecule has 146 valence electrons. The van der Waals surface area contributed by atoms with Gasteiger partial charge < -0.3 is 9.64 Å². The van der Waals surface area contributed by atoms with Gasteiger partial charge in [-0.05, 0) is 62.6 Å². The Morgan fingerprint density at radius 1 is 1.15 bits per heavy atom. The van der Waals surface area contributed by atoms with E-state index in [1.165, 1.54) is 12.1 Å². The Morgan fingerprint density at radius 2 is 1.78 bits per heavy atom. The molecule has 4 rings (SSSR count). The second-order valence-electron chi connectivity index (χ2n) is 9.24. The second kappa shape index (κ2) is 6.05. The molecule has 3 aliphatic rings. The Morgan fingerprint density at radius 3 is 2.30 bits per heavy atom. The average Bonchev–Trinajstić information content (AvgIpc) is 2.94. The fourth-order valence-corrected chi connectivity index (χ4v) is 5.27. The van der Waals surface area contributed by atoms with E-state index in [9.17, 15) is 14.0 Å². The molecule has 27 heavy (non-hydrogen) atoms. The highest BCUT2D eigenvalue weighted by Gasteiger charge is 2.76. The maximum atomic E-state index is 13.4. The Hall–Kier alpha value is -1.91. The molecule has 0 radical (unpaired) electrons. The summed E-state index contributed by atoms with van der Waals surface area (Å²) in [7, 11) is 0. The van der Waals surface area contributed by atoms with Gasteiger partial charge in [-0.15, -0.1) is 0 Å². The number of benzene rings is 1. The SMILES string of the molecule is CC12CCC(C(=O)N3CCC(Cc4ccc(F)cc4)CC3)(OC1=O)C2(C)C. The molecule has 0 aromatic heterocycles. The van der Waals surface area contributed by atoms with Crippen molar-refractivity contribution in [3.8, 4) is 0 Å². The van der Waals surface area contributed by atoms with E-state index in [2.05, 4.69) is 0 Å². The normalized spacial score (nSPS) is 32.6. The summed E-state index contributed by atoms with van der Waals surface area (Å²) in [6.07, 6.45) is 4.09. The summed E-state index contributed by atoms with van der Waals surface area (Å²) < 4.78 is 18.8. The highest BCUT2D eigenvalue weighted by atomic mass is 19.1. The van der Waals surface area contributed by atoms with Crippen LogP contribution in [0.2, 0.25) is 0 Å². The molecule has 1 aliphatic carbocycles. The van der Waals surface area contributed by atoms with Crippen LogP contribution in [0.3, 0.4) is 0 Å². The van der Waals surface area contributed by atoms with Gasteiger partial charge in [0.15, 0.2) is 5.60 Å². The Labute approximate surface area is 160 Å². The van der Waals surface area contributed by atoms with Crippen molar-refractivity contribution in [3.63, 3.8) is 0 Å². The summed E-state index contributed by atoms with van der Waals surface area (Å²) in [5.41, 5.74) is -0.914. The van der Waals surface area contributed by atoms with Crippen molar-refractivity contribution >= 4 is 11.9 Å². The number of carbonyl (C=O) groups is 2. The summed E-state index contributed by atoms with van der Waals surface area (Å²) in [4.78, 5) is 27.7. The molecule has 5 heteroatoms. The molecule has 2 bridgehead atoms. The van der Waals surface area contributed by atoms with E-state index in [4.69, 9.17) is 4.74 Å². The topological polar surface area (TPSA) is 46.6 Å². The van der Waals surface area contributed by atoms with E-state index in [0.29, 0.717) is 31.8 Å². The molecule has 0 spiro atoms. The number of amides is 1. The number of ether oxygens (including phenoxy) is 1. The summed E-state index contributed by atoms with van der Waals surface area (Å²) >= 11 is 0. The van der Waals surface area contributed by atoms with Crippen LogP contribution in [0.1, 0.15) is 52.0 Å². The molecule has 1 amide bonds. The zero-order valence-electron chi connectivity index (χ0n) is 16.4. The molecule has 2 unspecified atom stereocenters. The van der Waals surface area contributed by atoms with Gasteiger partial charge in [0.2, 0.25) is 0 Å². The van der Waals surface area contributed by atoms with E-state index in [-0.39, 0.29) is 17.7 Å². The maximum absolute atomic E-state index is 13.4. The van der Waals surface area contributed by atoms with Crippen LogP contribution in [0.15, 0.2) is 24.3 Å². The van der Waals surface area contributed by atoms with Gasteiger partial charge in [-0.3, -0.25) is 9.59 Å².